The van der Waals surface area contributed by atoms with Gasteiger partial charge < -0.3 is 15.4 Å². The zero-order valence-corrected chi connectivity index (χ0v) is 10.6. The van der Waals surface area contributed by atoms with Gasteiger partial charge in [0.2, 0.25) is 0 Å². The molecule has 2 N–H and O–H groups in total. The molecule has 2 amide bonds. The van der Waals surface area contributed by atoms with Crippen LogP contribution in [0.2, 0.25) is 0 Å². The van der Waals surface area contributed by atoms with Gasteiger partial charge in [0.25, 0.3) is 0 Å². The molecule has 1 rings (SSSR count). The number of nitrogens with one attached hydrogen (secondary N) is 2. The van der Waals surface area contributed by atoms with Gasteiger partial charge in [0.1, 0.15) is 12.4 Å². The maximum absolute atomic E-state index is 11.4. The van der Waals surface area contributed by atoms with Crippen molar-refractivity contribution >= 4 is 6.03 Å². The van der Waals surface area contributed by atoms with E-state index in [-0.39, 0.29) is 11.6 Å². The quantitative estimate of drug-likeness (QED) is 0.787. The number of amides is 2. The fourth-order valence-corrected chi connectivity index (χ4v) is 1.23. The van der Waals surface area contributed by atoms with Crippen LogP contribution in [0.25, 0.3) is 0 Å². The van der Waals surface area contributed by atoms with Gasteiger partial charge in [-0.05, 0) is 32.9 Å². The van der Waals surface area contributed by atoms with Crippen LogP contribution >= 0.6 is 0 Å². The van der Waals surface area contributed by atoms with Crippen LogP contribution in [0.1, 0.15) is 20.8 Å². The zero-order valence-electron chi connectivity index (χ0n) is 10.6. The lowest BCUT2D eigenvalue weighted by Gasteiger charge is -2.20. The van der Waals surface area contributed by atoms with Gasteiger partial charge in [0, 0.05) is 5.54 Å². The Hall–Kier alpha value is -1.71. The lowest BCUT2D eigenvalue weighted by molar-refractivity contribution is 0.228. The summed E-state index contributed by atoms with van der Waals surface area (Å²) in [5.74, 6) is 0.811. The first kappa shape index (κ1) is 13.4. The summed E-state index contributed by atoms with van der Waals surface area (Å²) in [6, 6.07) is 9.35. The minimum absolute atomic E-state index is 0.172. The number of hydrogen-bond acceptors (Lipinski definition) is 2. The molecule has 4 nitrogen and oxygen atoms in total. The SMILES string of the molecule is CC(C)(C)NC(=O)NCCOc1ccccc1. The molecule has 0 aliphatic carbocycles. The van der Waals surface area contributed by atoms with Crippen molar-refractivity contribution in [2.24, 2.45) is 0 Å². The zero-order chi connectivity index (χ0) is 12.7. The highest BCUT2D eigenvalue weighted by Crippen LogP contribution is 2.07. The lowest BCUT2D eigenvalue weighted by Crippen LogP contribution is -2.47. The summed E-state index contributed by atoms with van der Waals surface area (Å²) in [6.45, 7) is 6.76. The molecule has 0 aliphatic heterocycles. The maximum Gasteiger partial charge on any atom is 0.315 e. The topological polar surface area (TPSA) is 50.4 Å². The third-order valence-electron chi connectivity index (χ3n) is 1.89. The van der Waals surface area contributed by atoms with Crippen molar-refractivity contribution in [3.05, 3.63) is 30.3 Å². The van der Waals surface area contributed by atoms with Crippen LogP contribution in [-0.4, -0.2) is 24.7 Å². The van der Waals surface area contributed by atoms with Crippen LogP contribution in [0, 0.1) is 0 Å². The second-order valence-corrected chi connectivity index (χ2v) is 4.79. The molecule has 1 aromatic carbocycles. The molecule has 17 heavy (non-hydrogen) atoms. The van der Waals surface area contributed by atoms with Gasteiger partial charge in [-0.3, -0.25) is 0 Å². The van der Waals surface area contributed by atoms with Crippen molar-refractivity contribution in [1.29, 1.82) is 0 Å². The predicted octanol–water partition coefficient (Wildman–Crippen LogP) is 2.16. The van der Waals surface area contributed by atoms with E-state index in [1.54, 1.807) is 0 Å². The smallest absolute Gasteiger partial charge is 0.315 e. The molecule has 4 heteroatoms. The van der Waals surface area contributed by atoms with Crippen molar-refractivity contribution < 1.29 is 9.53 Å². The van der Waals surface area contributed by atoms with E-state index in [9.17, 15) is 4.79 Å². The summed E-state index contributed by atoms with van der Waals surface area (Å²) >= 11 is 0. The molecule has 0 heterocycles. The first-order chi connectivity index (χ1) is 7.97. The van der Waals surface area contributed by atoms with Gasteiger partial charge in [-0.1, -0.05) is 18.2 Å². The molecule has 0 bridgehead atoms. The standard InChI is InChI=1S/C13H20N2O2/c1-13(2,3)15-12(16)14-9-10-17-11-7-5-4-6-8-11/h4-8H,9-10H2,1-3H3,(H2,14,15,16). The van der Waals surface area contributed by atoms with Gasteiger partial charge >= 0.3 is 6.03 Å². The highest BCUT2D eigenvalue weighted by molar-refractivity contribution is 5.74. The Morgan fingerprint density at radius 3 is 2.47 bits per heavy atom. The van der Waals surface area contributed by atoms with Gasteiger partial charge in [-0.2, -0.15) is 0 Å². The number of carbonyl (C=O) groups is 1. The number of hydrogen-bond donors (Lipinski definition) is 2. The van der Waals surface area contributed by atoms with E-state index in [2.05, 4.69) is 10.6 Å². The number of carbonyl (C=O) groups excluding carboxylic acids is 1. The van der Waals surface area contributed by atoms with E-state index in [1.807, 2.05) is 51.1 Å². The molecule has 0 unspecified atom stereocenters. The fraction of sp³-hybridized carbons (Fsp3) is 0.462. The van der Waals surface area contributed by atoms with Crippen LogP contribution in [0.4, 0.5) is 4.79 Å². The molecule has 0 atom stereocenters. The second kappa shape index (κ2) is 6.13. The lowest BCUT2D eigenvalue weighted by atomic mass is 10.1. The van der Waals surface area contributed by atoms with E-state index >= 15 is 0 Å². The molecule has 0 aromatic heterocycles. The monoisotopic (exact) mass is 236 g/mol. The number of ether oxygens (including phenoxy) is 1. The maximum atomic E-state index is 11.4. The average Bonchev–Trinajstić information content (AvgIpc) is 2.23. The van der Waals surface area contributed by atoms with E-state index < -0.39 is 0 Å². The highest BCUT2D eigenvalue weighted by atomic mass is 16.5. The Morgan fingerprint density at radius 2 is 1.88 bits per heavy atom. The third kappa shape index (κ3) is 6.45. The molecule has 94 valence electrons. The molecule has 0 fully saturated rings. The molecular formula is C13H20N2O2. The first-order valence-corrected chi connectivity index (χ1v) is 5.71. The Kier molecular flexibility index (Phi) is 4.82. The van der Waals surface area contributed by atoms with Crippen LogP contribution in [-0.2, 0) is 0 Å². The van der Waals surface area contributed by atoms with Crippen molar-refractivity contribution in [2.75, 3.05) is 13.2 Å². The fourth-order valence-electron chi connectivity index (χ4n) is 1.23. The Labute approximate surface area is 102 Å². The molecule has 0 saturated heterocycles. The summed E-state index contributed by atoms with van der Waals surface area (Å²) in [5, 5.41) is 5.55. The van der Waals surface area contributed by atoms with Crippen LogP contribution in [0.5, 0.6) is 5.75 Å². The predicted molar refractivity (Wildman–Crippen MR) is 68.2 cm³/mol. The van der Waals surface area contributed by atoms with Crippen molar-refractivity contribution in [3.63, 3.8) is 0 Å². The molecule has 0 radical (unpaired) electrons. The largest absolute Gasteiger partial charge is 0.492 e. The van der Waals surface area contributed by atoms with Crippen LogP contribution in [0.15, 0.2) is 30.3 Å². The van der Waals surface area contributed by atoms with Crippen LogP contribution in [0.3, 0.4) is 0 Å². The van der Waals surface area contributed by atoms with Crippen molar-refractivity contribution in [3.8, 4) is 5.75 Å². The molecular weight excluding hydrogens is 216 g/mol. The van der Waals surface area contributed by atoms with Gasteiger partial charge in [-0.15, -0.1) is 0 Å². The summed E-state index contributed by atoms with van der Waals surface area (Å²) in [7, 11) is 0. The van der Waals surface area contributed by atoms with Gasteiger partial charge in [0.15, 0.2) is 0 Å². The summed E-state index contributed by atoms with van der Waals surface area (Å²) in [5.41, 5.74) is -0.218. The van der Waals surface area contributed by atoms with Gasteiger partial charge in [0.05, 0.1) is 6.54 Å². The van der Waals surface area contributed by atoms with Gasteiger partial charge in [-0.25, -0.2) is 4.79 Å². The van der Waals surface area contributed by atoms with E-state index in [0.29, 0.717) is 13.2 Å². The molecule has 0 saturated carbocycles. The highest BCUT2D eigenvalue weighted by Gasteiger charge is 2.12. The number of para-hydroxylation sites is 1. The summed E-state index contributed by atoms with van der Waals surface area (Å²) in [6.07, 6.45) is 0. The Balaban J connectivity index is 2.14. The van der Waals surface area contributed by atoms with Crippen LogP contribution < -0.4 is 15.4 Å². The molecule has 0 aliphatic rings. The molecule has 1 aromatic rings. The third-order valence-corrected chi connectivity index (χ3v) is 1.89. The normalized spacial score (nSPS) is 10.8. The Morgan fingerprint density at radius 1 is 1.24 bits per heavy atom. The first-order valence-electron chi connectivity index (χ1n) is 5.71. The molecule has 0 spiro atoms. The van der Waals surface area contributed by atoms with E-state index in [1.165, 1.54) is 0 Å². The Bertz CT molecular complexity index is 344. The van der Waals surface area contributed by atoms with E-state index in [0.717, 1.165) is 5.75 Å². The number of benzene rings is 1. The minimum atomic E-state index is -0.218. The summed E-state index contributed by atoms with van der Waals surface area (Å²) < 4.78 is 5.44. The summed E-state index contributed by atoms with van der Waals surface area (Å²) in [4.78, 5) is 11.4. The van der Waals surface area contributed by atoms with E-state index in [4.69, 9.17) is 4.74 Å². The second-order valence-electron chi connectivity index (χ2n) is 4.79. The van der Waals surface area contributed by atoms with Crippen molar-refractivity contribution in [2.45, 2.75) is 26.3 Å². The van der Waals surface area contributed by atoms with Crippen molar-refractivity contribution in [1.82, 2.24) is 10.6 Å². The minimum Gasteiger partial charge on any atom is -0.492 e. The number of urea groups is 1. The number of rotatable bonds is 4. The average molecular weight is 236 g/mol.